The van der Waals surface area contributed by atoms with E-state index < -0.39 is 0 Å². The average molecular weight is 434 g/mol. The third-order valence-corrected chi connectivity index (χ3v) is 5.72. The number of nitrogens with zero attached hydrogens (tertiary/aromatic N) is 4. The van der Waals surface area contributed by atoms with Gasteiger partial charge in [-0.05, 0) is 37.1 Å². The highest BCUT2D eigenvalue weighted by Crippen LogP contribution is 2.28. The number of halogens is 1. The SMILES string of the molecule is CCC(=O)c1ccc(OCC(=O)N2CCC(c3nnc4n3CCNC4)CC2)cc1.Cl. The third-order valence-electron chi connectivity index (χ3n) is 5.72. The van der Waals surface area contributed by atoms with Gasteiger partial charge in [0.15, 0.2) is 12.4 Å². The number of benzene rings is 1. The minimum absolute atomic E-state index is 0. The maximum Gasteiger partial charge on any atom is 0.260 e. The van der Waals surface area contributed by atoms with E-state index in [9.17, 15) is 9.59 Å². The molecule has 1 N–H and O–H groups in total. The van der Waals surface area contributed by atoms with Crippen molar-refractivity contribution in [2.24, 2.45) is 0 Å². The minimum atomic E-state index is -0.00960. The summed E-state index contributed by atoms with van der Waals surface area (Å²) in [4.78, 5) is 26.1. The van der Waals surface area contributed by atoms with Gasteiger partial charge in [-0.15, -0.1) is 22.6 Å². The van der Waals surface area contributed by atoms with E-state index >= 15 is 0 Å². The average Bonchev–Trinajstić information content (AvgIpc) is 3.21. The van der Waals surface area contributed by atoms with Crippen molar-refractivity contribution in [1.82, 2.24) is 25.0 Å². The molecule has 30 heavy (non-hydrogen) atoms. The van der Waals surface area contributed by atoms with Gasteiger partial charge in [0.25, 0.3) is 5.91 Å². The van der Waals surface area contributed by atoms with Crippen LogP contribution in [0.15, 0.2) is 24.3 Å². The number of likely N-dealkylation sites (tertiary alicyclic amines) is 1. The van der Waals surface area contributed by atoms with Crippen LogP contribution in [-0.4, -0.2) is 57.6 Å². The van der Waals surface area contributed by atoms with Crippen molar-refractivity contribution >= 4 is 24.1 Å². The summed E-state index contributed by atoms with van der Waals surface area (Å²) >= 11 is 0. The Bertz CT molecular complexity index is 875. The van der Waals surface area contributed by atoms with E-state index in [1.165, 1.54) is 0 Å². The number of aromatic nitrogens is 3. The predicted octanol–water partition coefficient (Wildman–Crippen LogP) is 2.18. The van der Waals surface area contributed by atoms with Crippen LogP contribution in [0.4, 0.5) is 0 Å². The highest BCUT2D eigenvalue weighted by Gasteiger charge is 2.28. The van der Waals surface area contributed by atoms with Gasteiger partial charge in [0.05, 0.1) is 6.54 Å². The van der Waals surface area contributed by atoms with Crippen LogP contribution in [0.5, 0.6) is 5.75 Å². The first kappa shape index (κ1) is 22.2. The second-order valence-corrected chi connectivity index (χ2v) is 7.55. The lowest BCUT2D eigenvalue weighted by atomic mass is 9.95. The van der Waals surface area contributed by atoms with Crippen molar-refractivity contribution in [3.8, 4) is 5.75 Å². The van der Waals surface area contributed by atoms with Gasteiger partial charge in [-0.3, -0.25) is 9.59 Å². The summed E-state index contributed by atoms with van der Waals surface area (Å²) in [5.41, 5.74) is 0.666. The highest BCUT2D eigenvalue weighted by atomic mass is 35.5. The molecule has 3 heterocycles. The van der Waals surface area contributed by atoms with E-state index in [0.717, 1.165) is 44.1 Å². The van der Waals surface area contributed by atoms with Crippen LogP contribution in [0.25, 0.3) is 0 Å². The maximum absolute atomic E-state index is 12.5. The number of carbonyl (C=O) groups excluding carboxylic acids is 2. The molecule has 0 unspecified atom stereocenters. The lowest BCUT2D eigenvalue weighted by Crippen LogP contribution is -2.41. The monoisotopic (exact) mass is 433 g/mol. The lowest BCUT2D eigenvalue weighted by molar-refractivity contribution is -0.134. The van der Waals surface area contributed by atoms with Crippen molar-refractivity contribution in [3.05, 3.63) is 41.5 Å². The highest BCUT2D eigenvalue weighted by molar-refractivity contribution is 5.95. The standard InChI is InChI=1S/C21H27N5O3.ClH/c1-2-18(27)15-3-5-17(6-4-15)29-14-20(28)25-10-7-16(8-11-25)21-24-23-19-13-22-9-12-26(19)21;/h3-6,16,22H,2,7-14H2,1H3;1H. The van der Waals surface area contributed by atoms with E-state index in [1.54, 1.807) is 24.3 Å². The van der Waals surface area contributed by atoms with E-state index in [0.29, 0.717) is 36.7 Å². The number of hydrogen-bond donors (Lipinski definition) is 1. The Morgan fingerprint density at radius 1 is 1.13 bits per heavy atom. The predicted molar refractivity (Wildman–Crippen MR) is 114 cm³/mol. The molecule has 1 fully saturated rings. The van der Waals surface area contributed by atoms with Gasteiger partial charge >= 0.3 is 0 Å². The first-order valence-electron chi connectivity index (χ1n) is 10.3. The zero-order valence-electron chi connectivity index (χ0n) is 17.2. The number of fused-ring (bicyclic) bond motifs is 1. The van der Waals surface area contributed by atoms with Crippen LogP contribution < -0.4 is 10.1 Å². The summed E-state index contributed by atoms with van der Waals surface area (Å²) in [7, 11) is 0. The number of carbonyl (C=O) groups is 2. The van der Waals surface area contributed by atoms with Crippen molar-refractivity contribution < 1.29 is 14.3 Å². The van der Waals surface area contributed by atoms with E-state index in [4.69, 9.17) is 4.74 Å². The van der Waals surface area contributed by atoms with Crippen molar-refractivity contribution in [3.63, 3.8) is 0 Å². The summed E-state index contributed by atoms with van der Waals surface area (Å²) < 4.78 is 7.86. The fourth-order valence-electron chi connectivity index (χ4n) is 3.98. The number of Topliss-reactive ketones (excluding diaryl/α,β-unsaturated/α-hetero) is 1. The Kier molecular flexibility index (Phi) is 7.44. The molecule has 1 aromatic carbocycles. The van der Waals surface area contributed by atoms with Crippen LogP contribution in [0, 0.1) is 0 Å². The number of rotatable bonds is 6. The van der Waals surface area contributed by atoms with Crippen LogP contribution in [0.3, 0.4) is 0 Å². The first-order chi connectivity index (χ1) is 14.2. The summed E-state index contributed by atoms with van der Waals surface area (Å²) in [6.07, 6.45) is 2.26. The number of piperidine rings is 1. The molecule has 8 nitrogen and oxygen atoms in total. The number of ether oxygens (including phenoxy) is 1. The van der Waals surface area contributed by atoms with Crippen molar-refractivity contribution in [2.75, 3.05) is 26.2 Å². The summed E-state index contributed by atoms with van der Waals surface area (Å²) in [6.45, 7) is 5.89. The maximum atomic E-state index is 12.5. The second kappa shape index (κ2) is 10.0. The van der Waals surface area contributed by atoms with Gasteiger partial charge in [-0.2, -0.15) is 0 Å². The van der Waals surface area contributed by atoms with Crippen LogP contribution >= 0.6 is 12.4 Å². The van der Waals surface area contributed by atoms with E-state index in [1.807, 2.05) is 11.8 Å². The van der Waals surface area contributed by atoms with Gasteiger partial charge in [-0.25, -0.2) is 0 Å². The molecule has 162 valence electrons. The fourth-order valence-corrected chi connectivity index (χ4v) is 3.98. The van der Waals surface area contributed by atoms with Gasteiger partial charge in [0.2, 0.25) is 0 Å². The Morgan fingerprint density at radius 2 is 1.87 bits per heavy atom. The summed E-state index contributed by atoms with van der Waals surface area (Å²) in [5.74, 6) is 3.11. The minimum Gasteiger partial charge on any atom is -0.484 e. The third kappa shape index (κ3) is 4.82. The molecule has 9 heteroatoms. The molecule has 2 aliphatic rings. The summed E-state index contributed by atoms with van der Waals surface area (Å²) in [5, 5.41) is 12.0. The molecule has 4 rings (SSSR count). The number of hydrogen-bond acceptors (Lipinski definition) is 6. The summed E-state index contributed by atoms with van der Waals surface area (Å²) in [6, 6.07) is 6.97. The Morgan fingerprint density at radius 3 is 2.57 bits per heavy atom. The lowest BCUT2D eigenvalue weighted by Gasteiger charge is -2.32. The smallest absolute Gasteiger partial charge is 0.260 e. The van der Waals surface area contributed by atoms with Gasteiger partial charge in [0, 0.05) is 44.1 Å². The van der Waals surface area contributed by atoms with Gasteiger partial charge in [-0.1, -0.05) is 6.92 Å². The molecular weight excluding hydrogens is 406 g/mol. The van der Waals surface area contributed by atoms with Crippen LogP contribution in [0.2, 0.25) is 0 Å². The molecule has 0 aliphatic carbocycles. The van der Waals surface area contributed by atoms with Crippen molar-refractivity contribution in [1.29, 1.82) is 0 Å². The molecule has 1 amide bonds. The van der Waals surface area contributed by atoms with Crippen LogP contribution in [0.1, 0.15) is 54.1 Å². The van der Waals surface area contributed by atoms with Crippen molar-refractivity contribution in [2.45, 2.75) is 45.2 Å². The van der Waals surface area contributed by atoms with E-state index in [2.05, 4.69) is 20.1 Å². The molecule has 1 aromatic heterocycles. The molecule has 0 atom stereocenters. The molecular formula is C21H28ClN5O3. The number of ketones is 1. The Balaban J connectivity index is 0.00000256. The van der Waals surface area contributed by atoms with Gasteiger partial charge < -0.3 is 19.5 Å². The molecule has 1 saturated heterocycles. The molecule has 0 radical (unpaired) electrons. The quantitative estimate of drug-likeness (QED) is 0.702. The second-order valence-electron chi connectivity index (χ2n) is 7.55. The molecule has 0 bridgehead atoms. The Hall–Kier alpha value is -2.45. The van der Waals surface area contributed by atoms with Gasteiger partial charge in [0.1, 0.15) is 17.4 Å². The molecule has 2 aromatic rings. The largest absolute Gasteiger partial charge is 0.484 e. The molecule has 0 saturated carbocycles. The normalized spacial score (nSPS) is 16.5. The Labute approximate surface area is 182 Å². The zero-order valence-corrected chi connectivity index (χ0v) is 18.0. The van der Waals surface area contributed by atoms with E-state index in [-0.39, 0.29) is 30.7 Å². The van der Waals surface area contributed by atoms with Crippen LogP contribution in [-0.2, 0) is 17.9 Å². The molecule has 0 spiro atoms. The fraction of sp³-hybridized carbons (Fsp3) is 0.524. The number of amides is 1. The molecule has 2 aliphatic heterocycles. The topological polar surface area (TPSA) is 89.4 Å². The zero-order chi connectivity index (χ0) is 20.2. The number of nitrogens with one attached hydrogen (secondary N) is 1. The first-order valence-corrected chi connectivity index (χ1v) is 10.3.